The Morgan fingerprint density at radius 2 is 1.62 bits per heavy atom. The minimum Gasteiger partial charge on any atom is -0.490 e. The molecule has 1 N–H and O–H groups in total. The van der Waals surface area contributed by atoms with Crippen molar-refractivity contribution in [2.75, 3.05) is 25.3 Å². The fraction of sp³-hybridized carbons (Fsp3) is 0.458. The van der Waals surface area contributed by atoms with Crippen LogP contribution in [0.25, 0.3) is 0 Å². The largest absolute Gasteiger partial charge is 0.490 e. The molecule has 0 fully saturated rings. The summed E-state index contributed by atoms with van der Waals surface area (Å²) < 4.78 is 14.6. The van der Waals surface area contributed by atoms with Crippen LogP contribution in [0.4, 0.5) is 0 Å². The Bertz CT molecular complexity index is 894. The zero-order valence-electron chi connectivity index (χ0n) is 19.1. The van der Waals surface area contributed by atoms with E-state index >= 15 is 0 Å². The maximum absolute atomic E-state index is 12.4. The monoisotopic (exact) mass is 517 g/mol. The summed E-state index contributed by atoms with van der Waals surface area (Å²) in [5.74, 6) is 1.60. The van der Waals surface area contributed by atoms with E-state index in [1.54, 1.807) is 13.8 Å². The first-order valence-electron chi connectivity index (χ1n) is 10.3. The number of alkyl halides is 1. The number of rotatable bonds is 12. The predicted molar refractivity (Wildman–Crippen MR) is 137 cm³/mol. The lowest BCUT2D eigenvalue weighted by atomic mass is 9.78. The van der Waals surface area contributed by atoms with Crippen LogP contribution in [0.1, 0.15) is 45.2 Å². The van der Waals surface area contributed by atoms with Gasteiger partial charge in [0.05, 0.1) is 23.2 Å². The van der Waals surface area contributed by atoms with E-state index in [9.17, 15) is 4.79 Å². The van der Waals surface area contributed by atoms with Crippen molar-refractivity contribution in [3.8, 4) is 11.5 Å². The molecule has 0 unspecified atom stereocenters. The van der Waals surface area contributed by atoms with Gasteiger partial charge >= 0.3 is 0 Å². The zero-order valence-corrected chi connectivity index (χ0v) is 22.1. The Kier molecular flexibility index (Phi) is 10.0. The van der Waals surface area contributed by atoms with Crippen LogP contribution in [-0.4, -0.2) is 36.7 Å². The van der Waals surface area contributed by atoms with Gasteiger partial charge in [-0.1, -0.05) is 61.1 Å². The minimum absolute atomic E-state index is 0.0195. The number of carbonyl (C=O) groups is 1. The second-order valence-electron chi connectivity index (χ2n) is 8.37. The summed E-state index contributed by atoms with van der Waals surface area (Å²) in [6.07, 6.45) is 2.59. The van der Waals surface area contributed by atoms with E-state index in [4.69, 9.17) is 44.3 Å². The quantitative estimate of drug-likeness (QED) is 0.188. The van der Waals surface area contributed by atoms with E-state index in [0.29, 0.717) is 40.5 Å². The highest BCUT2D eigenvalue weighted by Gasteiger charge is 2.30. The van der Waals surface area contributed by atoms with Crippen molar-refractivity contribution in [1.29, 1.82) is 0 Å². The first-order valence-corrected chi connectivity index (χ1v) is 12.8. The number of halogens is 3. The van der Waals surface area contributed by atoms with E-state index in [1.807, 2.05) is 42.7 Å². The van der Waals surface area contributed by atoms with Gasteiger partial charge in [-0.3, -0.25) is 9.52 Å². The molecule has 4 nitrogen and oxygen atoms in total. The first kappa shape index (κ1) is 27.1. The molecule has 0 saturated heterocycles. The Hall–Kier alpha value is -1.11. The highest BCUT2D eigenvalue weighted by molar-refractivity contribution is 7.96. The van der Waals surface area contributed by atoms with Crippen molar-refractivity contribution in [2.24, 2.45) is 0 Å². The van der Waals surface area contributed by atoms with Crippen molar-refractivity contribution < 1.29 is 14.3 Å². The molecule has 176 valence electrons. The van der Waals surface area contributed by atoms with Gasteiger partial charge in [0.15, 0.2) is 17.1 Å². The molecule has 0 aliphatic carbocycles. The predicted octanol–water partition coefficient (Wildman–Crippen LogP) is 6.92. The minimum atomic E-state index is -0.930. The molecule has 0 amide bonds. The van der Waals surface area contributed by atoms with Crippen molar-refractivity contribution in [3.63, 3.8) is 0 Å². The van der Waals surface area contributed by atoms with Gasteiger partial charge in [-0.2, -0.15) is 0 Å². The molecule has 0 atom stereocenters. The third kappa shape index (κ3) is 6.94. The van der Waals surface area contributed by atoms with E-state index in [0.717, 1.165) is 11.1 Å². The van der Waals surface area contributed by atoms with Gasteiger partial charge in [-0.25, -0.2) is 0 Å². The smallest absolute Gasteiger partial charge is 0.190 e. The standard InChI is InChI=1S/C24H30Cl3NO3S/c1-23(2,17-13-19(26)22(20(27)14-17)30-12-6-11-25)16-7-9-18(10-8-16)31-24(3,4)21(29)15-28-32-5/h7-10,13-14,28H,6,11-12,15H2,1-5H3. The van der Waals surface area contributed by atoms with Crippen LogP contribution in [0.2, 0.25) is 10.0 Å². The van der Waals surface area contributed by atoms with Gasteiger partial charge in [-0.05, 0) is 61.9 Å². The lowest BCUT2D eigenvalue weighted by molar-refractivity contribution is -0.130. The lowest BCUT2D eigenvalue weighted by Crippen LogP contribution is -2.42. The van der Waals surface area contributed by atoms with Crippen molar-refractivity contribution >= 4 is 52.5 Å². The van der Waals surface area contributed by atoms with Gasteiger partial charge < -0.3 is 9.47 Å². The van der Waals surface area contributed by atoms with Gasteiger partial charge in [0.1, 0.15) is 5.75 Å². The van der Waals surface area contributed by atoms with Gasteiger partial charge in [0, 0.05) is 11.3 Å². The molecule has 0 aliphatic heterocycles. The summed E-state index contributed by atoms with van der Waals surface area (Å²) in [7, 11) is 0. The maximum Gasteiger partial charge on any atom is 0.190 e. The molecule has 0 heterocycles. The lowest BCUT2D eigenvalue weighted by Gasteiger charge is -2.28. The molecular formula is C24H30Cl3NO3S. The molecule has 32 heavy (non-hydrogen) atoms. The topological polar surface area (TPSA) is 47.6 Å². The molecule has 0 aromatic heterocycles. The van der Waals surface area contributed by atoms with Crippen LogP contribution in [-0.2, 0) is 10.2 Å². The van der Waals surface area contributed by atoms with Crippen LogP contribution in [0.5, 0.6) is 11.5 Å². The normalized spacial score (nSPS) is 12.0. The average molecular weight is 519 g/mol. The third-order valence-electron chi connectivity index (χ3n) is 5.24. The molecule has 2 aromatic carbocycles. The molecule has 0 saturated carbocycles. The second kappa shape index (κ2) is 11.8. The number of Topliss-reactive ketones (excluding diaryl/α,β-unsaturated/α-hetero) is 1. The molecule has 0 spiro atoms. The number of hydrogen-bond donors (Lipinski definition) is 1. The number of ketones is 1. The van der Waals surface area contributed by atoms with Crippen LogP contribution < -0.4 is 14.2 Å². The van der Waals surface area contributed by atoms with Crippen molar-refractivity contribution in [3.05, 3.63) is 57.6 Å². The van der Waals surface area contributed by atoms with E-state index in [-0.39, 0.29) is 17.7 Å². The molecule has 2 aromatic rings. The van der Waals surface area contributed by atoms with Crippen molar-refractivity contribution in [2.45, 2.75) is 45.1 Å². The maximum atomic E-state index is 12.4. The number of ether oxygens (including phenoxy) is 2. The molecular weight excluding hydrogens is 489 g/mol. The Morgan fingerprint density at radius 3 is 2.16 bits per heavy atom. The molecule has 8 heteroatoms. The van der Waals surface area contributed by atoms with Gasteiger partial charge in [0.25, 0.3) is 0 Å². The third-order valence-corrected chi connectivity index (χ3v) is 6.50. The summed E-state index contributed by atoms with van der Waals surface area (Å²) in [5.41, 5.74) is 0.722. The number of hydrogen-bond acceptors (Lipinski definition) is 5. The van der Waals surface area contributed by atoms with Crippen molar-refractivity contribution in [1.82, 2.24) is 4.72 Å². The zero-order chi connectivity index (χ0) is 23.9. The molecule has 2 rings (SSSR count). The Morgan fingerprint density at radius 1 is 1.03 bits per heavy atom. The summed E-state index contributed by atoms with van der Waals surface area (Å²) in [6.45, 7) is 8.44. The summed E-state index contributed by atoms with van der Waals surface area (Å²) in [5, 5.41) is 0.934. The highest BCUT2D eigenvalue weighted by Crippen LogP contribution is 2.40. The number of carbonyl (C=O) groups excluding carboxylic acids is 1. The SMILES string of the molecule is CSNCC(=O)C(C)(C)Oc1ccc(C(C)(C)c2cc(Cl)c(OCCCCl)c(Cl)c2)cc1. The van der Waals surface area contributed by atoms with Gasteiger partial charge in [0.2, 0.25) is 0 Å². The number of benzene rings is 2. The van der Waals surface area contributed by atoms with Crippen LogP contribution in [0, 0.1) is 0 Å². The molecule has 0 bridgehead atoms. The fourth-order valence-electron chi connectivity index (χ4n) is 3.10. The van der Waals surface area contributed by atoms with E-state index < -0.39 is 5.60 Å². The van der Waals surface area contributed by atoms with Crippen LogP contribution >= 0.6 is 46.8 Å². The van der Waals surface area contributed by atoms with Crippen LogP contribution in [0.3, 0.4) is 0 Å². The highest BCUT2D eigenvalue weighted by atomic mass is 35.5. The second-order valence-corrected chi connectivity index (χ2v) is 10.3. The molecule has 0 radical (unpaired) electrons. The average Bonchev–Trinajstić information content (AvgIpc) is 2.73. The van der Waals surface area contributed by atoms with E-state index in [1.165, 1.54) is 11.9 Å². The van der Waals surface area contributed by atoms with Gasteiger partial charge in [-0.15, -0.1) is 11.6 Å². The Labute approximate surface area is 210 Å². The first-order chi connectivity index (χ1) is 15.0. The summed E-state index contributed by atoms with van der Waals surface area (Å²) in [6, 6.07) is 11.5. The molecule has 0 aliphatic rings. The summed E-state index contributed by atoms with van der Waals surface area (Å²) in [4.78, 5) is 12.4. The summed E-state index contributed by atoms with van der Waals surface area (Å²) >= 11 is 20.1. The fourth-order valence-corrected chi connectivity index (χ4v) is 4.08. The Balaban J connectivity index is 2.20. The number of nitrogens with one attached hydrogen (secondary N) is 1. The van der Waals surface area contributed by atoms with E-state index in [2.05, 4.69) is 18.6 Å². The van der Waals surface area contributed by atoms with Crippen LogP contribution in [0.15, 0.2) is 36.4 Å².